The number of aliphatic hydroxyl groups is 1. The van der Waals surface area contributed by atoms with Crippen LogP contribution in [-0.2, 0) is 6.42 Å². The minimum absolute atomic E-state index is 0.0755. The van der Waals surface area contributed by atoms with E-state index < -0.39 is 26.1 Å². The fraction of sp³-hybridized carbons (Fsp3) is 0.429. The fourth-order valence-corrected chi connectivity index (χ4v) is 2.39. The largest absolute Gasteiger partial charge is 0.493 e. The first-order chi connectivity index (χ1) is 14.3. The topological polar surface area (TPSA) is 47.9 Å². The third kappa shape index (κ3) is 6.31. The van der Waals surface area contributed by atoms with Crippen LogP contribution in [0.2, 0.25) is 0 Å². The number of ether oxygens (including phenoxy) is 3. The van der Waals surface area contributed by atoms with Crippen molar-refractivity contribution in [2.45, 2.75) is 38.6 Å². The van der Waals surface area contributed by atoms with Crippen molar-refractivity contribution in [2.75, 3.05) is 20.8 Å². The standard InChI is InChI=1S/C21H28O4/c1-16-7-6-10-19(13-16)25-15-18(22)9-5-4-8-17-11-12-20(23-2)21(14-17)24-3/h6-7,10-14,18,22H,4-5,8-9,15H2,1-3H3/i3D3,9D2,18D. The molecule has 136 valence electrons. The maximum absolute atomic E-state index is 10.4. The van der Waals surface area contributed by atoms with Gasteiger partial charge in [-0.1, -0.05) is 24.6 Å². The molecule has 4 nitrogen and oxygen atoms in total. The minimum atomic E-state index is -2.62. The first kappa shape index (κ1) is 12.2. The molecular formula is C21H28O4. The fourth-order valence-electron chi connectivity index (χ4n) is 2.39. The van der Waals surface area contributed by atoms with Crippen LogP contribution in [0.25, 0.3) is 0 Å². The molecule has 0 radical (unpaired) electrons. The van der Waals surface area contributed by atoms with Crippen molar-refractivity contribution in [1.29, 1.82) is 0 Å². The van der Waals surface area contributed by atoms with Gasteiger partial charge in [0, 0.05) is 2.74 Å². The van der Waals surface area contributed by atoms with Crippen molar-refractivity contribution in [3.8, 4) is 17.2 Å². The van der Waals surface area contributed by atoms with Gasteiger partial charge in [0.1, 0.15) is 12.4 Å². The van der Waals surface area contributed by atoms with Gasteiger partial charge in [0.2, 0.25) is 0 Å². The van der Waals surface area contributed by atoms with Gasteiger partial charge < -0.3 is 19.3 Å². The Hall–Kier alpha value is -2.20. The van der Waals surface area contributed by atoms with Crippen LogP contribution in [-0.4, -0.2) is 31.9 Å². The summed E-state index contributed by atoms with van der Waals surface area (Å²) in [5.41, 5.74) is 1.68. The zero-order valence-corrected chi connectivity index (χ0v) is 14.5. The van der Waals surface area contributed by atoms with Gasteiger partial charge in [0.05, 0.1) is 25.7 Å². The summed E-state index contributed by atoms with van der Waals surface area (Å²) >= 11 is 0. The Kier molecular flexibility index (Phi) is 4.85. The molecule has 2 rings (SSSR count). The molecule has 0 spiro atoms. The maximum atomic E-state index is 10.4. The summed E-state index contributed by atoms with van der Waals surface area (Å²) in [6.07, 6.45) is -4.03. The zero-order valence-electron chi connectivity index (χ0n) is 20.5. The number of hydrogen-bond acceptors (Lipinski definition) is 4. The lowest BCUT2D eigenvalue weighted by Crippen LogP contribution is -2.17. The van der Waals surface area contributed by atoms with Crippen LogP contribution in [0.4, 0.5) is 0 Å². The molecule has 0 saturated carbocycles. The molecule has 0 aliphatic heterocycles. The van der Waals surface area contributed by atoms with E-state index in [1.54, 1.807) is 30.3 Å². The zero-order chi connectivity index (χ0) is 23.3. The molecule has 0 aliphatic carbocycles. The van der Waals surface area contributed by atoms with Gasteiger partial charge in [-0.2, -0.15) is 0 Å². The van der Waals surface area contributed by atoms with Gasteiger partial charge in [-0.25, -0.2) is 0 Å². The summed E-state index contributed by atoms with van der Waals surface area (Å²) in [5, 5.41) is 10.4. The number of methoxy groups -OCH3 is 2. The monoisotopic (exact) mass is 350 g/mol. The molecule has 0 heterocycles. The van der Waals surface area contributed by atoms with Crippen LogP contribution in [0, 0.1) is 6.92 Å². The third-order valence-electron chi connectivity index (χ3n) is 3.67. The SMILES string of the molecule is [2H]C([2H])([2H])Oc1cc(CCCC([2H])([2H])C([2H])(O)COc2cccc(C)c2)ccc1OC. The van der Waals surface area contributed by atoms with E-state index in [1.165, 1.54) is 13.2 Å². The van der Waals surface area contributed by atoms with Gasteiger partial charge in [-0.3, -0.25) is 0 Å². The number of rotatable bonds is 10. The third-order valence-corrected chi connectivity index (χ3v) is 3.67. The van der Waals surface area contributed by atoms with Crippen LogP contribution in [0.5, 0.6) is 17.2 Å². The summed E-state index contributed by atoms with van der Waals surface area (Å²) in [4.78, 5) is 0. The molecule has 1 unspecified atom stereocenters. The van der Waals surface area contributed by atoms with Gasteiger partial charge in [0.25, 0.3) is 0 Å². The van der Waals surface area contributed by atoms with Crippen LogP contribution in [0.1, 0.15) is 38.6 Å². The van der Waals surface area contributed by atoms with E-state index in [-0.39, 0.29) is 17.9 Å². The van der Waals surface area contributed by atoms with Gasteiger partial charge in [0.15, 0.2) is 11.5 Å². The molecule has 25 heavy (non-hydrogen) atoms. The van der Waals surface area contributed by atoms with Crippen molar-refractivity contribution in [3.63, 3.8) is 0 Å². The van der Waals surface area contributed by atoms with Gasteiger partial charge >= 0.3 is 0 Å². The minimum Gasteiger partial charge on any atom is -0.493 e. The van der Waals surface area contributed by atoms with E-state index in [9.17, 15) is 5.11 Å². The molecule has 0 saturated heterocycles. The molecule has 0 aromatic heterocycles. The molecule has 0 aliphatic rings. The Balaban J connectivity index is 1.97. The first-order valence-corrected chi connectivity index (χ1v) is 8.11. The highest BCUT2D eigenvalue weighted by Crippen LogP contribution is 2.28. The molecule has 0 fully saturated rings. The van der Waals surface area contributed by atoms with E-state index >= 15 is 0 Å². The summed E-state index contributed by atoms with van der Waals surface area (Å²) in [5.74, 6) is 0.817. The summed E-state index contributed by atoms with van der Waals surface area (Å²) < 4.78 is 61.7. The smallest absolute Gasteiger partial charge is 0.160 e. The highest BCUT2D eigenvalue weighted by molar-refractivity contribution is 5.42. The molecule has 2 aromatic carbocycles. The quantitative estimate of drug-likeness (QED) is 0.699. The lowest BCUT2D eigenvalue weighted by atomic mass is 10.0. The lowest BCUT2D eigenvalue weighted by molar-refractivity contribution is 0.0976. The maximum Gasteiger partial charge on any atom is 0.160 e. The Labute approximate surface area is 158 Å². The first-order valence-electron chi connectivity index (χ1n) is 11.1. The predicted octanol–water partition coefficient (Wildman–Crippen LogP) is 4.16. The highest BCUT2D eigenvalue weighted by Gasteiger charge is 2.07. The van der Waals surface area contributed by atoms with Crippen LogP contribution < -0.4 is 14.2 Å². The Morgan fingerprint density at radius 3 is 2.80 bits per heavy atom. The van der Waals surface area contributed by atoms with Crippen molar-refractivity contribution in [3.05, 3.63) is 53.6 Å². The number of hydrogen-bond donors (Lipinski definition) is 1. The molecular weight excluding hydrogens is 316 g/mol. The van der Waals surface area contributed by atoms with Gasteiger partial charge in [-0.05, 0) is 61.5 Å². The van der Waals surface area contributed by atoms with E-state index in [0.717, 1.165) is 11.1 Å². The van der Waals surface area contributed by atoms with Crippen LogP contribution in [0.3, 0.4) is 0 Å². The van der Waals surface area contributed by atoms with Crippen molar-refractivity contribution in [1.82, 2.24) is 0 Å². The molecule has 1 N–H and O–H groups in total. The average molecular weight is 350 g/mol. The Morgan fingerprint density at radius 1 is 1.16 bits per heavy atom. The summed E-state index contributed by atoms with van der Waals surface area (Å²) in [6.45, 7) is 1.37. The summed E-state index contributed by atoms with van der Waals surface area (Å²) in [7, 11) is -1.22. The molecule has 4 heteroatoms. The normalized spacial score (nSPS) is 17.7. The second-order valence-electron chi connectivity index (χ2n) is 5.67. The van der Waals surface area contributed by atoms with Crippen molar-refractivity contribution >= 4 is 0 Å². The van der Waals surface area contributed by atoms with Gasteiger partial charge in [-0.15, -0.1) is 0 Å². The Bertz CT molecular complexity index is 867. The van der Waals surface area contributed by atoms with E-state index in [4.69, 9.17) is 22.4 Å². The van der Waals surface area contributed by atoms with E-state index in [1.807, 2.05) is 13.0 Å². The number of aryl methyl sites for hydroxylation is 2. The Morgan fingerprint density at radius 2 is 2.04 bits per heavy atom. The van der Waals surface area contributed by atoms with Crippen LogP contribution in [0.15, 0.2) is 42.5 Å². The predicted molar refractivity (Wildman–Crippen MR) is 99.8 cm³/mol. The highest BCUT2D eigenvalue weighted by atomic mass is 16.5. The van der Waals surface area contributed by atoms with Crippen molar-refractivity contribution in [2.24, 2.45) is 0 Å². The lowest BCUT2D eigenvalue weighted by Gasteiger charge is -2.13. The van der Waals surface area contributed by atoms with Crippen molar-refractivity contribution < 1.29 is 27.5 Å². The average Bonchev–Trinajstić information content (AvgIpc) is 2.65. The summed E-state index contributed by atoms with van der Waals surface area (Å²) in [6, 6.07) is 11.9. The van der Waals surface area contributed by atoms with E-state index in [2.05, 4.69) is 0 Å². The van der Waals surface area contributed by atoms with E-state index in [0.29, 0.717) is 18.6 Å². The molecule has 1 atom stereocenters. The number of benzene rings is 2. The molecule has 2 aromatic rings. The molecule has 0 amide bonds. The van der Waals surface area contributed by atoms with Crippen LogP contribution >= 0.6 is 0 Å². The second-order valence-corrected chi connectivity index (χ2v) is 5.67. The molecule has 0 bridgehead atoms. The second kappa shape index (κ2) is 9.94.